The molecule has 0 atom stereocenters. The van der Waals surface area contributed by atoms with Gasteiger partial charge in [-0.25, -0.2) is 0 Å². The molecule has 9 heteroatoms. The van der Waals surface area contributed by atoms with E-state index in [9.17, 15) is 19.2 Å². The Morgan fingerprint density at radius 3 is 1.41 bits per heavy atom. The average molecular weight is 370 g/mol. The number of nitrogens with one attached hydrogen (secondary N) is 2. The van der Waals surface area contributed by atoms with E-state index in [0.29, 0.717) is 0 Å². The fraction of sp³-hybridized carbons (Fsp3) is 0.111. The van der Waals surface area contributed by atoms with Crippen LogP contribution in [0.5, 0.6) is 11.5 Å². The van der Waals surface area contributed by atoms with Crippen molar-refractivity contribution in [3.05, 3.63) is 58.7 Å². The Balaban J connectivity index is 2.65. The molecular weight excluding hydrogens is 352 g/mol. The monoisotopic (exact) mass is 370 g/mol. The van der Waals surface area contributed by atoms with Gasteiger partial charge in [-0.15, -0.1) is 0 Å². The molecule has 0 spiro atoms. The first-order valence-corrected chi connectivity index (χ1v) is 7.79. The first-order chi connectivity index (χ1) is 12.8. The van der Waals surface area contributed by atoms with E-state index >= 15 is 0 Å². The van der Waals surface area contributed by atoms with Gasteiger partial charge in [-0.3, -0.25) is 19.2 Å². The molecule has 0 aliphatic carbocycles. The summed E-state index contributed by atoms with van der Waals surface area (Å²) in [5, 5.41) is 4.80. The van der Waals surface area contributed by atoms with Gasteiger partial charge in [0.05, 0.1) is 22.3 Å². The molecule has 0 fully saturated rings. The van der Waals surface area contributed by atoms with E-state index < -0.39 is 23.6 Å². The van der Waals surface area contributed by atoms with E-state index in [0.717, 1.165) is 0 Å². The number of hydrogen-bond donors (Lipinski definition) is 4. The summed E-state index contributed by atoms with van der Waals surface area (Å²) in [6.45, 7) is 0. The third-order valence-corrected chi connectivity index (χ3v) is 3.71. The van der Waals surface area contributed by atoms with Crippen molar-refractivity contribution in [2.45, 2.75) is 0 Å². The highest BCUT2D eigenvalue weighted by Crippen LogP contribution is 2.31. The molecule has 0 aromatic heterocycles. The van der Waals surface area contributed by atoms with Crippen LogP contribution in [0.4, 0.5) is 0 Å². The lowest BCUT2D eigenvalue weighted by Crippen LogP contribution is -2.25. The van der Waals surface area contributed by atoms with Crippen molar-refractivity contribution in [3.63, 3.8) is 0 Å². The SMILES string of the molecule is CNC(=O)c1cccc(Oc2cccc(C(=O)NC)c2C(N)=O)c1C(N)=O. The van der Waals surface area contributed by atoms with Gasteiger partial charge in [-0.1, -0.05) is 12.1 Å². The zero-order valence-electron chi connectivity index (χ0n) is 14.7. The molecule has 140 valence electrons. The molecule has 0 radical (unpaired) electrons. The van der Waals surface area contributed by atoms with Crippen molar-refractivity contribution in [3.8, 4) is 11.5 Å². The third-order valence-electron chi connectivity index (χ3n) is 3.71. The quantitative estimate of drug-likeness (QED) is 0.579. The summed E-state index contributed by atoms with van der Waals surface area (Å²) in [4.78, 5) is 47.8. The van der Waals surface area contributed by atoms with Crippen LogP contribution in [0.2, 0.25) is 0 Å². The number of benzene rings is 2. The van der Waals surface area contributed by atoms with E-state index in [1.54, 1.807) is 0 Å². The second-order valence-electron chi connectivity index (χ2n) is 5.35. The second-order valence-corrected chi connectivity index (χ2v) is 5.35. The molecule has 0 saturated carbocycles. The summed E-state index contributed by atoms with van der Waals surface area (Å²) in [5.74, 6) is -2.98. The molecular formula is C18H18N4O5. The fourth-order valence-corrected chi connectivity index (χ4v) is 2.51. The molecule has 9 nitrogen and oxygen atoms in total. The molecule has 0 aliphatic heterocycles. The van der Waals surface area contributed by atoms with Crippen LogP contribution in [0.15, 0.2) is 36.4 Å². The van der Waals surface area contributed by atoms with Gasteiger partial charge < -0.3 is 26.8 Å². The summed E-state index contributed by atoms with van der Waals surface area (Å²) in [6.07, 6.45) is 0. The van der Waals surface area contributed by atoms with Crippen LogP contribution in [0, 0.1) is 0 Å². The minimum absolute atomic E-state index is 0.00517. The van der Waals surface area contributed by atoms with Crippen LogP contribution in [0.3, 0.4) is 0 Å². The molecule has 2 rings (SSSR count). The number of ether oxygens (including phenoxy) is 1. The van der Waals surface area contributed by atoms with Crippen molar-refractivity contribution >= 4 is 23.6 Å². The standard InChI is InChI=1S/C18H18N4O5/c1-21-17(25)9-5-3-7-11(13(9)15(19)23)27-12-8-4-6-10(18(26)22-2)14(12)16(20)24/h3-8H,1-2H3,(H2,19,23)(H2,20,24)(H,21,25)(H,22,26). The largest absolute Gasteiger partial charge is 0.456 e. The minimum Gasteiger partial charge on any atom is -0.456 e. The van der Waals surface area contributed by atoms with Crippen molar-refractivity contribution in [1.82, 2.24) is 10.6 Å². The molecule has 0 bridgehead atoms. The summed E-state index contributed by atoms with van der Waals surface area (Å²) >= 11 is 0. The zero-order valence-corrected chi connectivity index (χ0v) is 14.7. The van der Waals surface area contributed by atoms with E-state index in [-0.39, 0.29) is 33.8 Å². The lowest BCUT2D eigenvalue weighted by atomic mass is 10.0. The predicted octanol–water partition coefficient (Wildman–Crippen LogP) is 0.396. The molecule has 0 unspecified atom stereocenters. The Hall–Kier alpha value is -3.88. The Morgan fingerprint density at radius 2 is 1.11 bits per heavy atom. The van der Waals surface area contributed by atoms with Crippen molar-refractivity contribution in [2.75, 3.05) is 14.1 Å². The smallest absolute Gasteiger partial charge is 0.253 e. The molecule has 6 N–H and O–H groups in total. The van der Waals surface area contributed by atoms with Crippen molar-refractivity contribution in [1.29, 1.82) is 0 Å². The highest BCUT2D eigenvalue weighted by atomic mass is 16.5. The van der Waals surface area contributed by atoms with E-state index in [1.165, 1.54) is 50.5 Å². The highest BCUT2D eigenvalue weighted by molar-refractivity contribution is 6.09. The van der Waals surface area contributed by atoms with E-state index in [4.69, 9.17) is 16.2 Å². The maximum Gasteiger partial charge on any atom is 0.253 e. The Bertz CT molecular complexity index is 864. The number of rotatable bonds is 6. The van der Waals surface area contributed by atoms with Gasteiger partial charge in [0.15, 0.2) is 0 Å². The number of nitrogens with two attached hydrogens (primary N) is 2. The lowest BCUT2D eigenvalue weighted by molar-refractivity contribution is 0.0940. The predicted molar refractivity (Wildman–Crippen MR) is 96.8 cm³/mol. The first kappa shape index (κ1) is 19.4. The fourth-order valence-electron chi connectivity index (χ4n) is 2.51. The lowest BCUT2D eigenvalue weighted by Gasteiger charge is -2.15. The molecule has 2 aromatic carbocycles. The molecule has 0 heterocycles. The third kappa shape index (κ3) is 3.87. The van der Waals surface area contributed by atoms with Gasteiger partial charge in [0, 0.05) is 14.1 Å². The second kappa shape index (κ2) is 8.00. The first-order valence-electron chi connectivity index (χ1n) is 7.79. The number of carbonyl (C=O) groups excluding carboxylic acids is 4. The number of carbonyl (C=O) groups is 4. The molecule has 27 heavy (non-hydrogen) atoms. The molecule has 0 saturated heterocycles. The zero-order chi connectivity index (χ0) is 20.1. The minimum atomic E-state index is -0.896. The Kier molecular flexibility index (Phi) is 5.76. The van der Waals surface area contributed by atoms with E-state index in [2.05, 4.69) is 10.6 Å². The Labute approximate surface area is 154 Å². The summed E-state index contributed by atoms with van der Waals surface area (Å²) in [5.41, 5.74) is 10.5. The van der Waals surface area contributed by atoms with Gasteiger partial charge in [0.2, 0.25) is 0 Å². The maximum absolute atomic E-state index is 12.0. The average Bonchev–Trinajstić information content (AvgIpc) is 2.65. The van der Waals surface area contributed by atoms with Crippen LogP contribution in [0.25, 0.3) is 0 Å². The summed E-state index contributed by atoms with van der Waals surface area (Å²) in [7, 11) is 2.80. The maximum atomic E-state index is 12.0. The van der Waals surface area contributed by atoms with Gasteiger partial charge >= 0.3 is 0 Å². The summed E-state index contributed by atoms with van der Waals surface area (Å²) in [6, 6.07) is 8.59. The molecule has 4 amide bonds. The Morgan fingerprint density at radius 1 is 0.741 bits per heavy atom. The summed E-state index contributed by atoms with van der Waals surface area (Å²) < 4.78 is 5.67. The molecule has 0 aliphatic rings. The highest BCUT2D eigenvalue weighted by Gasteiger charge is 2.23. The van der Waals surface area contributed by atoms with Crippen molar-refractivity contribution < 1.29 is 23.9 Å². The number of amides is 4. The van der Waals surface area contributed by atoms with Crippen LogP contribution < -0.4 is 26.8 Å². The van der Waals surface area contributed by atoms with Crippen LogP contribution >= 0.6 is 0 Å². The number of hydrogen-bond acceptors (Lipinski definition) is 5. The van der Waals surface area contributed by atoms with Gasteiger partial charge in [0.1, 0.15) is 11.5 Å². The normalized spacial score (nSPS) is 10.0. The molecule has 2 aromatic rings. The topological polar surface area (TPSA) is 154 Å². The van der Waals surface area contributed by atoms with Gasteiger partial charge in [-0.05, 0) is 24.3 Å². The van der Waals surface area contributed by atoms with Crippen LogP contribution in [-0.2, 0) is 0 Å². The van der Waals surface area contributed by atoms with Gasteiger partial charge in [0.25, 0.3) is 23.6 Å². The number of primary amides is 2. The van der Waals surface area contributed by atoms with Crippen LogP contribution in [-0.4, -0.2) is 37.7 Å². The van der Waals surface area contributed by atoms with Crippen LogP contribution in [0.1, 0.15) is 41.4 Å². The van der Waals surface area contributed by atoms with Crippen molar-refractivity contribution in [2.24, 2.45) is 11.5 Å². The van der Waals surface area contributed by atoms with Gasteiger partial charge in [-0.2, -0.15) is 0 Å². The van der Waals surface area contributed by atoms with E-state index in [1.807, 2.05) is 0 Å².